The van der Waals surface area contributed by atoms with Crippen LogP contribution in [-0.2, 0) is 9.59 Å². The maximum atomic E-state index is 15.7. The number of nitrogens with zero attached hydrogens (tertiary/aromatic N) is 7. The molecule has 49 heavy (non-hydrogen) atoms. The Morgan fingerprint density at radius 2 is 1.92 bits per heavy atom. The molecule has 3 aliphatic heterocycles. The fraction of sp³-hybridized carbons (Fsp3) is 0.378. The number of nitrogen functional groups attached to an aromatic ring is 1. The van der Waals surface area contributed by atoms with Gasteiger partial charge >= 0.3 is 0 Å². The SMILES string of the molecule is CC(C)(/C=C(/C#N)C(=O)N1CCC[C@@H](c2nc(-c3ccc(Oc4ccccc4)cc3F)c3c(N)nccn23)C1)N1CCN2C(=O)CC[C@@H]2C1. The van der Waals surface area contributed by atoms with E-state index in [2.05, 4.69) is 16.0 Å². The Balaban J connectivity index is 1.13. The highest BCUT2D eigenvalue weighted by atomic mass is 19.1. The number of anilines is 1. The number of para-hydroxylation sites is 1. The number of rotatable bonds is 7. The Bertz CT molecular complexity index is 1980. The van der Waals surface area contributed by atoms with E-state index >= 15 is 4.39 Å². The number of carbonyl (C=O) groups is 2. The van der Waals surface area contributed by atoms with Crippen LogP contribution in [0.2, 0.25) is 0 Å². The second-order valence-electron chi connectivity index (χ2n) is 13.5. The average molecular weight is 663 g/mol. The maximum Gasteiger partial charge on any atom is 0.264 e. The van der Waals surface area contributed by atoms with E-state index in [4.69, 9.17) is 15.5 Å². The van der Waals surface area contributed by atoms with E-state index in [1.807, 2.05) is 41.3 Å². The number of halogens is 1. The minimum atomic E-state index is -0.557. The van der Waals surface area contributed by atoms with Gasteiger partial charge in [-0.2, -0.15) is 5.26 Å². The second kappa shape index (κ2) is 13.0. The summed E-state index contributed by atoms with van der Waals surface area (Å²) in [7, 11) is 0. The minimum absolute atomic E-state index is 0.0950. The van der Waals surface area contributed by atoms with E-state index in [0.29, 0.717) is 74.1 Å². The molecule has 3 aliphatic rings. The number of nitrogens with two attached hydrogens (primary N) is 1. The predicted molar refractivity (Wildman–Crippen MR) is 182 cm³/mol. The molecule has 2 N–H and O–H groups in total. The zero-order valence-corrected chi connectivity index (χ0v) is 27.7. The summed E-state index contributed by atoms with van der Waals surface area (Å²) in [6.45, 7) is 6.92. The van der Waals surface area contributed by atoms with E-state index in [9.17, 15) is 14.9 Å². The summed E-state index contributed by atoms with van der Waals surface area (Å²) in [4.78, 5) is 41.2. The van der Waals surface area contributed by atoms with Crippen molar-refractivity contribution in [1.82, 2.24) is 29.1 Å². The summed E-state index contributed by atoms with van der Waals surface area (Å²) in [5, 5.41) is 10.2. The largest absolute Gasteiger partial charge is 0.457 e. The van der Waals surface area contributed by atoms with Crippen LogP contribution in [0, 0.1) is 17.1 Å². The summed E-state index contributed by atoms with van der Waals surface area (Å²) < 4.78 is 23.4. The van der Waals surface area contributed by atoms with Crippen molar-refractivity contribution in [3.05, 3.63) is 84.2 Å². The molecule has 2 aromatic carbocycles. The first-order valence-electron chi connectivity index (χ1n) is 16.7. The summed E-state index contributed by atoms with van der Waals surface area (Å²) in [6.07, 6.45) is 7.98. The Morgan fingerprint density at radius 1 is 1.10 bits per heavy atom. The molecule has 0 aliphatic carbocycles. The van der Waals surface area contributed by atoms with E-state index in [-0.39, 0.29) is 40.7 Å². The fourth-order valence-corrected chi connectivity index (χ4v) is 7.46. The number of aromatic nitrogens is 3. The molecular formula is C37H39FN8O3. The van der Waals surface area contributed by atoms with Gasteiger partial charge in [-0.15, -0.1) is 0 Å². The molecule has 5 heterocycles. The highest BCUT2D eigenvalue weighted by Gasteiger charge is 2.40. The monoisotopic (exact) mass is 662 g/mol. The summed E-state index contributed by atoms with van der Waals surface area (Å²) in [5.74, 6) is 0.981. The zero-order chi connectivity index (χ0) is 34.3. The number of likely N-dealkylation sites (tertiary alicyclic amines) is 1. The van der Waals surface area contributed by atoms with Crippen molar-refractivity contribution < 1.29 is 18.7 Å². The minimum Gasteiger partial charge on any atom is -0.457 e. The van der Waals surface area contributed by atoms with E-state index < -0.39 is 11.4 Å². The number of carbonyl (C=O) groups excluding carboxylic acids is 2. The van der Waals surface area contributed by atoms with E-state index in [0.717, 1.165) is 12.8 Å². The molecule has 0 unspecified atom stereocenters. The smallest absolute Gasteiger partial charge is 0.264 e. The first-order chi connectivity index (χ1) is 23.6. The van der Waals surface area contributed by atoms with Gasteiger partial charge in [-0.25, -0.2) is 14.4 Å². The standard InChI is InChI=1S/C37H39FN8O3/c1-37(2,44-17-18-45-26(23-44)10-13-31(45)47)20-25(21-39)36(48)43-15-6-7-24(22-43)35-42-32(33-34(40)41-14-16-46(33)35)29-12-11-28(19-30(29)38)49-27-8-4-3-5-9-27/h3-5,8-9,11-12,14,16,19-20,24,26H,6-7,10,13,15,17-18,22-23H2,1-2H3,(H2,40,41)/b25-20-/t24-,26-/m1/s1. The maximum absolute atomic E-state index is 15.7. The van der Waals surface area contributed by atoms with Crippen LogP contribution >= 0.6 is 0 Å². The van der Waals surface area contributed by atoms with Crippen molar-refractivity contribution in [2.75, 3.05) is 38.5 Å². The Morgan fingerprint density at radius 3 is 2.69 bits per heavy atom. The molecule has 12 heteroatoms. The number of piperazine rings is 1. The third-order valence-corrected chi connectivity index (χ3v) is 10.0. The molecule has 2 amide bonds. The van der Waals surface area contributed by atoms with E-state index in [1.165, 1.54) is 6.07 Å². The third kappa shape index (κ3) is 6.22. The first kappa shape index (κ1) is 32.3. The Kier molecular flexibility index (Phi) is 8.54. The van der Waals surface area contributed by atoms with Gasteiger partial charge in [0, 0.05) is 80.7 Å². The quantitative estimate of drug-likeness (QED) is 0.212. The number of nitriles is 1. The van der Waals surface area contributed by atoms with Gasteiger partial charge in [0.05, 0.1) is 0 Å². The van der Waals surface area contributed by atoms with Crippen molar-refractivity contribution in [1.29, 1.82) is 5.26 Å². The molecule has 0 bridgehead atoms. The normalized spacial score (nSPS) is 20.4. The van der Waals surface area contributed by atoms with Gasteiger partial charge in [-0.1, -0.05) is 18.2 Å². The van der Waals surface area contributed by atoms with E-state index in [1.54, 1.807) is 47.6 Å². The first-order valence-corrected chi connectivity index (χ1v) is 16.7. The van der Waals surface area contributed by atoms with Gasteiger partial charge in [-0.3, -0.25) is 18.9 Å². The van der Waals surface area contributed by atoms with Crippen LogP contribution in [0.1, 0.15) is 51.3 Å². The number of imidazole rings is 1. The van der Waals surface area contributed by atoms with Gasteiger partial charge in [0.1, 0.15) is 51.8 Å². The summed E-state index contributed by atoms with van der Waals surface area (Å²) in [6, 6.07) is 16.1. The Labute approximate surface area is 284 Å². The van der Waals surface area contributed by atoms with Crippen molar-refractivity contribution in [2.24, 2.45) is 0 Å². The van der Waals surface area contributed by atoms with Crippen LogP contribution in [0.3, 0.4) is 0 Å². The number of fused-ring (bicyclic) bond motifs is 2. The molecule has 7 rings (SSSR count). The lowest BCUT2D eigenvalue weighted by molar-refractivity contribution is -0.131. The zero-order valence-electron chi connectivity index (χ0n) is 27.7. The van der Waals surface area contributed by atoms with Crippen molar-refractivity contribution >= 4 is 23.1 Å². The van der Waals surface area contributed by atoms with Crippen LogP contribution in [0.5, 0.6) is 11.5 Å². The molecule has 2 atom stereocenters. The number of hydrogen-bond acceptors (Lipinski definition) is 8. The molecule has 3 saturated heterocycles. The number of hydrogen-bond donors (Lipinski definition) is 1. The molecule has 2 aromatic heterocycles. The van der Waals surface area contributed by atoms with Gasteiger partial charge < -0.3 is 20.3 Å². The Hall–Kier alpha value is -5.28. The molecule has 0 radical (unpaired) electrons. The molecule has 252 valence electrons. The van der Waals surface area contributed by atoms with Gasteiger partial charge in [-0.05, 0) is 63.5 Å². The van der Waals surface area contributed by atoms with Crippen molar-refractivity contribution in [2.45, 2.75) is 57.0 Å². The molecule has 3 fully saturated rings. The van der Waals surface area contributed by atoms with Crippen LogP contribution in [0.4, 0.5) is 10.2 Å². The fourth-order valence-electron chi connectivity index (χ4n) is 7.46. The molecular weight excluding hydrogens is 623 g/mol. The van der Waals surface area contributed by atoms with Crippen LogP contribution in [0.25, 0.3) is 16.8 Å². The van der Waals surface area contributed by atoms with Crippen LogP contribution < -0.4 is 10.5 Å². The highest BCUT2D eigenvalue weighted by Crippen LogP contribution is 2.37. The van der Waals surface area contributed by atoms with Gasteiger partial charge in [0.25, 0.3) is 5.91 Å². The van der Waals surface area contributed by atoms with Crippen LogP contribution in [0.15, 0.2) is 72.6 Å². The van der Waals surface area contributed by atoms with Crippen molar-refractivity contribution in [3.8, 4) is 28.8 Å². The number of benzene rings is 2. The number of ether oxygens (including phenoxy) is 1. The number of amides is 2. The number of piperidine rings is 1. The lowest BCUT2D eigenvalue weighted by Crippen LogP contribution is -2.57. The third-order valence-electron chi connectivity index (χ3n) is 10.0. The highest BCUT2D eigenvalue weighted by molar-refractivity contribution is 5.97. The lowest BCUT2D eigenvalue weighted by Gasteiger charge is -2.45. The predicted octanol–water partition coefficient (Wildman–Crippen LogP) is 5.15. The van der Waals surface area contributed by atoms with Gasteiger partial charge in [0.2, 0.25) is 5.91 Å². The van der Waals surface area contributed by atoms with Crippen molar-refractivity contribution in [3.63, 3.8) is 0 Å². The average Bonchev–Trinajstić information content (AvgIpc) is 3.68. The summed E-state index contributed by atoms with van der Waals surface area (Å²) >= 11 is 0. The molecule has 4 aromatic rings. The molecule has 0 saturated carbocycles. The topological polar surface area (TPSA) is 133 Å². The molecule has 11 nitrogen and oxygen atoms in total. The van der Waals surface area contributed by atoms with Crippen LogP contribution in [-0.4, -0.2) is 85.2 Å². The second-order valence-corrected chi connectivity index (χ2v) is 13.5. The summed E-state index contributed by atoms with van der Waals surface area (Å²) in [5.41, 5.74) is 7.00. The molecule has 0 spiro atoms. The van der Waals surface area contributed by atoms with Gasteiger partial charge in [0.15, 0.2) is 0 Å². The lowest BCUT2D eigenvalue weighted by atomic mass is 9.94.